The van der Waals surface area contributed by atoms with E-state index in [1.54, 1.807) is 0 Å². The predicted octanol–water partition coefficient (Wildman–Crippen LogP) is -0.237. The highest BCUT2D eigenvalue weighted by Crippen LogP contribution is 2.08. The van der Waals surface area contributed by atoms with E-state index < -0.39 is 10.0 Å². The van der Waals surface area contributed by atoms with E-state index >= 15 is 0 Å². The van der Waals surface area contributed by atoms with E-state index in [0.29, 0.717) is 32.7 Å². The summed E-state index contributed by atoms with van der Waals surface area (Å²) in [6.07, 6.45) is 5.16. The molecule has 0 unspecified atom stereocenters. The maximum atomic E-state index is 11.4. The molecular weight excluding hydrogens is 224 g/mol. The van der Waals surface area contributed by atoms with Crippen LogP contribution in [0.1, 0.15) is 0 Å². The number of hydrogen-bond acceptors (Lipinski definition) is 3. The van der Waals surface area contributed by atoms with Crippen molar-refractivity contribution in [1.82, 2.24) is 9.21 Å². The third kappa shape index (κ3) is 2.85. The molecule has 0 N–H and O–H groups in total. The van der Waals surface area contributed by atoms with Crippen LogP contribution in [-0.2, 0) is 10.0 Å². The number of alkyl halides is 1. The molecule has 0 bridgehead atoms. The minimum Gasteiger partial charge on any atom is -0.290 e. The van der Waals surface area contributed by atoms with E-state index in [4.69, 9.17) is 18.0 Å². The van der Waals surface area contributed by atoms with Gasteiger partial charge in [-0.05, 0) is 0 Å². The first-order chi connectivity index (χ1) is 6.60. The quantitative estimate of drug-likeness (QED) is 0.502. The van der Waals surface area contributed by atoms with Gasteiger partial charge in [-0.1, -0.05) is 5.92 Å². The first-order valence-electron chi connectivity index (χ1n) is 4.30. The lowest BCUT2D eigenvalue weighted by Gasteiger charge is -2.32. The summed E-state index contributed by atoms with van der Waals surface area (Å²) in [7, 11) is -3.24. The van der Waals surface area contributed by atoms with Gasteiger partial charge in [-0.2, -0.15) is 4.31 Å². The maximum Gasteiger partial charge on any atom is 0.228 e. The fourth-order valence-corrected chi connectivity index (χ4v) is 2.64. The molecule has 1 rings (SSSR count). The lowest BCUT2D eigenvalue weighted by atomic mass is 10.4. The Hall–Kier alpha value is -0.280. The number of terminal acetylenes is 1. The van der Waals surface area contributed by atoms with E-state index in [1.165, 1.54) is 4.31 Å². The Labute approximate surface area is 89.9 Å². The van der Waals surface area contributed by atoms with Crippen LogP contribution in [0.25, 0.3) is 0 Å². The first-order valence-corrected chi connectivity index (χ1v) is 6.44. The summed E-state index contributed by atoms with van der Waals surface area (Å²) in [5, 5.41) is -0.345. The second kappa shape index (κ2) is 4.99. The monoisotopic (exact) mass is 236 g/mol. The van der Waals surface area contributed by atoms with Crippen LogP contribution < -0.4 is 0 Å². The molecule has 1 heterocycles. The molecule has 1 fully saturated rings. The Bertz CT molecular complexity index is 315. The summed E-state index contributed by atoms with van der Waals surface area (Å²) < 4.78 is 24.1. The van der Waals surface area contributed by atoms with Crippen LogP contribution in [0.2, 0.25) is 0 Å². The second-order valence-electron chi connectivity index (χ2n) is 3.10. The lowest BCUT2D eigenvalue weighted by Crippen LogP contribution is -2.48. The van der Waals surface area contributed by atoms with Crippen LogP contribution in [0.4, 0.5) is 0 Å². The molecule has 0 spiro atoms. The highest BCUT2D eigenvalue weighted by atomic mass is 35.5. The molecule has 1 saturated heterocycles. The standard InChI is InChI=1S/C8H13ClN2O2S/c1-2-3-10-4-6-11(7-5-10)14(12,13)8-9/h1H,3-8H2. The van der Waals surface area contributed by atoms with Gasteiger partial charge in [0.15, 0.2) is 0 Å². The highest BCUT2D eigenvalue weighted by molar-refractivity contribution is 7.90. The van der Waals surface area contributed by atoms with Gasteiger partial charge in [0, 0.05) is 26.2 Å². The Balaban J connectivity index is 2.48. The van der Waals surface area contributed by atoms with Crippen LogP contribution in [0, 0.1) is 12.3 Å². The van der Waals surface area contributed by atoms with Gasteiger partial charge >= 0.3 is 0 Å². The molecule has 0 aromatic carbocycles. The highest BCUT2D eigenvalue weighted by Gasteiger charge is 2.25. The van der Waals surface area contributed by atoms with Crippen molar-refractivity contribution in [2.45, 2.75) is 0 Å². The minimum absolute atomic E-state index is 0.345. The van der Waals surface area contributed by atoms with Gasteiger partial charge < -0.3 is 0 Å². The first kappa shape index (κ1) is 11.8. The minimum atomic E-state index is -3.24. The zero-order chi connectivity index (χ0) is 10.6. The Kier molecular flexibility index (Phi) is 4.20. The van der Waals surface area contributed by atoms with Gasteiger partial charge in [-0.3, -0.25) is 4.90 Å². The third-order valence-electron chi connectivity index (χ3n) is 2.18. The molecule has 0 radical (unpaired) electrons. The second-order valence-corrected chi connectivity index (χ2v) is 5.65. The average Bonchev–Trinajstić information content (AvgIpc) is 2.19. The summed E-state index contributed by atoms with van der Waals surface area (Å²) in [6.45, 7) is 2.91. The summed E-state index contributed by atoms with van der Waals surface area (Å²) in [6, 6.07) is 0. The van der Waals surface area contributed by atoms with Crippen molar-refractivity contribution in [1.29, 1.82) is 0 Å². The average molecular weight is 237 g/mol. The molecular formula is C8H13ClN2O2S. The van der Waals surface area contributed by atoms with Crippen molar-refractivity contribution in [2.24, 2.45) is 0 Å². The van der Waals surface area contributed by atoms with Crippen molar-refractivity contribution in [2.75, 3.05) is 37.9 Å². The fraction of sp³-hybridized carbons (Fsp3) is 0.750. The van der Waals surface area contributed by atoms with Gasteiger partial charge in [0.25, 0.3) is 0 Å². The zero-order valence-electron chi connectivity index (χ0n) is 7.82. The Morgan fingerprint density at radius 2 is 1.86 bits per heavy atom. The van der Waals surface area contributed by atoms with Crippen LogP contribution >= 0.6 is 11.6 Å². The van der Waals surface area contributed by atoms with Gasteiger partial charge in [-0.25, -0.2) is 8.42 Å². The van der Waals surface area contributed by atoms with E-state index in [-0.39, 0.29) is 5.21 Å². The van der Waals surface area contributed by atoms with Crippen LogP contribution in [-0.4, -0.2) is 55.6 Å². The number of rotatable bonds is 3. The summed E-state index contributed by atoms with van der Waals surface area (Å²) >= 11 is 5.35. The lowest BCUT2D eigenvalue weighted by molar-refractivity contribution is 0.207. The number of nitrogens with zero attached hydrogens (tertiary/aromatic N) is 2. The predicted molar refractivity (Wildman–Crippen MR) is 56.5 cm³/mol. The number of hydrogen-bond donors (Lipinski definition) is 0. The molecule has 0 aromatic rings. The molecule has 80 valence electrons. The summed E-state index contributed by atoms with van der Waals surface area (Å²) in [5.41, 5.74) is 0. The van der Waals surface area contributed by atoms with Gasteiger partial charge in [-0.15, -0.1) is 18.0 Å². The van der Waals surface area contributed by atoms with Gasteiger partial charge in [0.1, 0.15) is 5.21 Å². The van der Waals surface area contributed by atoms with Crippen molar-refractivity contribution in [3.63, 3.8) is 0 Å². The van der Waals surface area contributed by atoms with Gasteiger partial charge in [0.05, 0.1) is 6.54 Å². The number of sulfonamides is 1. The largest absolute Gasteiger partial charge is 0.290 e. The van der Waals surface area contributed by atoms with Crippen molar-refractivity contribution < 1.29 is 8.42 Å². The Morgan fingerprint density at radius 1 is 1.29 bits per heavy atom. The van der Waals surface area contributed by atoms with E-state index in [1.807, 2.05) is 4.90 Å². The fourth-order valence-electron chi connectivity index (χ4n) is 1.36. The molecule has 0 aliphatic carbocycles. The normalized spacial score (nSPS) is 20.6. The summed E-state index contributed by atoms with van der Waals surface area (Å²) in [5.74, 6) is 2.54. The summed E-state index contributed by atoms with van der Waals surface area (Å²) in [4.78, 5) is 2.04. The van der Waals surface area contributed by atoms with E-state index in [2.05, 4.69) is 5.92 Å². The van der Waals surface area contributed by atoms with Crippen molar-refractivity contribution in [3.05, 3.63) is 0 Å². The van der Waals surface area contributed by atoms with Crippen molar-refractivity contribution >= 4 is 21.6 Å². The molecule has 0 atom stereocenters. The smallest absolute Gasteiger partial charge is 0.228 e. The number of halogens is 1. The molecule has 14 heavy (non-hydrogen) atoms. The molecule has 0 aromatic heterocycles. The SMILES string of the molecule is C#CCN1CCN(S(=O)(=O)CCl)CC1. The van der Waals surface area contributed by atoms with Crippen LogP contribution in [0.5, 0.6) is 0 Å². The maximum absolute atomic E-state index is 11.4. The van der Waals surface area contributed by atoms with Crippen LogP contribution in [0.3, 0.4) is 0 Å². The molecule has 0 amide bonds. The molecule has 1 aliphatic rings. The topological polar surface area (TPSA) is 40.6 Å². The van der Waals surface area contributed by atoms with Crippen LogP contribution in [0.15, 0.2) is 0 Å². The van der Waals surface area contributed by atoms with E-state index in [0.717, 1.165) is 0 Å². The Morgan fingerprint density at radius 3 is 2.29 bits per heavy atom. The zero-order valence-corrected chi connectivity index (χ0v) is 9.39. The molecule has 6 heteroatoms. The molecule has 4 nitrogen and oxygen atoms in total. The van der Waals surface area contributed by atoms with Gasteiger partial charge in [0.2, 0.25) is 10.0 Å². The molecule has 1 aliphatic heterocycles. The number of piperazine rings is 1. The van der Waals surface area contributed by atoms with E-state index in [9.17, 15) is 8.42 Å². The third-order valence-corrected chi connectivity index (χ3v) is 4.43. The molecule has 0 saturated carbocycles. The van der Waals surface area contributed by atoms with Crippen molar-refractivity contribution in [3.8, 4) is 12.3 Å².